The maximum Gasteiger partial charge on any atom is 0.254 e. The number of likely N-dealkylation sites (tertiary alicyclic amines) is 1. The lowest BCUT2D eigenvalue weighted by Crippen LogP contribution is -2.31. The molecule has 24 heavy (non-hydrogen) atoms. The fourth-order valence-electron chi connectivity index (χ4n) is 3.51. The van der Waals surface area contributed by atoms with Crippen molar-refractivity contribution in [3.8, 4) is 0 Å². The Kier molecular flexibility index (Phi) is 5.65. The molecule has 1 fully saturated rings. The van der Waals surface area contributed by atoms with Gasteiger partial charge in [0.15, 0.2) is 0 Å². The summed E-state index contributed by atoms with van der Waals surface area (Å²) >= 11 is 0. The molecule has 2 aromatic rings. The molecule has 0 spiro atoms. The van der Waals surface area contributed by atoms with E-state index >= 15 is 0 Å². The van der Waals surface area contributed by atoms with Crippen LogP contribution in [0.4, 0.5) is 0 Å². The van der Waals surface area contributed by atoms with Crippen LogP contribution in [0.3, 0.4) is 0 Å². The van der Waals surface area contributed by atoms with Crippen LogP contribution in [0.5, 0.6) is 0 Å². The fourth-order valence-corrected chi connectivity index (χ4v) is 3.51. The zero-order valence-corrected chi connectivity index (χ0v) is 14.4. The van der Waals surface area contributed by atoms with Gasteiger partial charge in [-0.1, -0.05) is 48.5 Å². The minimum absolute atomic E-state index is 0.192. The predicted octanol–water partition coefficient (Wildman–Crippen LogP) is 3.15. The standard InChI is InChI=1S/C21H26N2O/c1-22-15-18-13-14-23(16-18)21(24)20-10-6-5-9-19(20)12-11-17-7-3-2-4-8-17/h2-10,18,22H,11-16H2,1H3. The lowest BCUT2D eigenvalue weighted by molar-refractivity contribution is 0.0786. The first kappa shape index (κ1) is 16.7. The summed E-state index contributed by atoms with van der Waals surface area (Å²) in [5, 5.41) is 3.22. The second-order valence-electron chi connectivity index (χ2n) is 6.61. The number of carbonyl (C=O) groups is 1. The number of hydrogen-bond acceptors (Lipinski definition) is 2. The summed E-state index contributed by atoms with van der Waals surface area (Å²) in [6, 6.07) is 18.5. The number of aryl methyl sites for hydroxylation is 2. The maximum absolute atomic E-state index is 12.9. The van der Waals surface area contributed by atoms with E-state index in [2.05, 4.69) is 35.6 Å². The minimum atomic E-state index is 0.192. The van der Waals surface area contributed by atoms with E-state index in [1.807, 2.05) is 36.2 Å². The van der Waals surface area contributed by atoms with E-state index in [-0.39, 0.29) is 5.91 Å². The molecular formula is C21H26N2O. The average molecular weight is 322 g/mol. The Morgan fingerprint density at radius 1 is 1.08 bits per heavy atom. The van der Waals surface area contributed by atoms with Crippen molar-refractivity contribution < 1.29 is 4.79 Å². The second kappa shape index (κ2) is 8.11. The molecule has 1 heterocycles. The van der Waals surface area contributed by atoms with Crippen LogP contribution in [-0.4, -0.2) is 37.5 Å². The monoisotopic (exact) mass is 322 g/mol. The Labute approximate surface area is 144 Å². The van der Waals surface area contributed by atoms with Crippen molar-refractivity contribution in [3.05, 3.63) is 71.3 Å². The minimum Gasteiger partial charge on any atom is -0.338 e. The molecule has 1 amide bonds. The van der Waals surface area contributed by atoms with Crippen LogP contribution >= 0.6 is 0 Å². The summed E-state index contributed by atoms with van der Waals surface area (Å²) in [6.07, 6.45) is 2.96. The fraction of sp³-hybridized carbons (Fsp3) is 0.381. The lowest BCUT2D eigenvalue weighted by atomic mass is 9.99. The normalized spacial score (nSPS) is 17.2. The Balaban J connectivity index is 1.68. The summed E-state index contributed by atoms with van der Waals surface area (Å²) in [6.45, 7) is 2.73. The van der Waals surface area contributed by atoms with Crippen LogP contribution in [-0.2, 0) is 12.8 Å². The molecule has 0 bridgehead atoms. The Bertz CT molecular complexity index is 669. The third-order valence-corrected chi connectivity index (χ3v) is 4.84. The van der Waals surface area contributed by atoms with E-state index in [1.165, 1.54) is 5.56 Å². The molecule has 1 N–H and O–H groups in total. The van der Waals surface area contributed by atoms with Gasteiger partial charge in [0.05, 0.1) is 0 Å². The van der Waals surface area contributed by atoms with Crippen molar-refractivity contribution >= 4 is 5.91 Å². The van der Waals surface area contributed by atoms with Crippen molar-refractivity contribution in [2.45, 2.75) is 19.3 Å². The third-order valence-electron chi connectivity index (χ3n) is 4.84. The molecule has 3 heteroatoms. The average Bonchev–Trinajstić information content (AvgIpc) is 3.09. The molecule has 0 saturated carbocycles. The van der Waals surface area contributed by atoms with Gasteiger partial charge in [0.25, 0.3) is 5.91 Å². The number of nitrogens with one attached hydrogen (secondary N) is 1. The van der Waals surface area contributed by atoms with Gasteiger partial charge in [-0.15, -0.1) is 0 Å². The van der Waals surface area contributed by atoms with Gasteiger partial charge in [0.2, 0.25) is 0 Å². The van der Waals surface area contributed by atoms with Gasteiger partial charge in [0, 0.05) is 18.7 Å². The van der Waals surface area contributed by atoms with Gasteiger partial charge in [-0.25, -0.2) is 0 Å². The molecule has 1 aliphatic rings. The summed E-state index contributed by atoms with van der Waals surface area (Å²) < 4.78 is 0. The SMILES string of the molecule is CNCC1CCN(C(=O)c2ccccc2CCc2ccccc2)C1. The van der Waals surface area contributed by atoms with Crippen molar-refractivity contribution in [2.24, 2.45) is 5.92 Å². The molecule has 1 aliphatic heterocycles. The van der Waals surface area contributed by atoms with Crippen LogP contribution in [0.15, 0.2) is 54.6 Å². The molecule has 0 radical (unpaired) electrons. The van der Waals surface area contributed by atoms with Gasteiger partial charge in [-0.3, -0.25) is 4.79 Å². The molecule has 1 atom stereocenters. The largest absolute Gasteiger partial charge is 0.338 e. The van der Waals surface area contributed by atoms with E-state index in [1.54, 1.807) is 0 Å². The topological polar surface area (TPSA) is 32.3 Å². The number of hydrogen-bond donors (Lipinski definition) is 1. The highest BCUT2D eigenvalue weighted by Gasteiger charge is 2.27. The predicted molar refractivity (Wildman–Crippen MR) is 98.2 cm³/mol. The molecule has 3 nitrogen and oxygen atoms in total. The molecular weight excluding hydrogens is 296 g/mol. The van der Waals surface area contributed by atoms with Gasteiger partial charge in [-0.05, 0) is 56.0 Å². The first-order valence-electron chi connectivity index (χ1n) is 8.83. The molecule has 2 aromatic carbocycles. The first-order chi connectivity index (χ1) is 11.8. The Hall–Kier alpha value is -2.13. The molecule has 126 valence electrons. The van der Waals surface area contributed by atoms with Crippen molar-refractivity contribution in [3.63, 3.8) is 0 Å². The number of benzene rings is 2. The zero-order valence-electron chi connectivity index (χ0n) is 14.4. The van der Waals surface area contributed by atoms with Crippen molar-refractivity contribution in [1.29, 1.82) is 0 Å². The highest BCUT2D eigenvalue weighted by Crippen LogP contribution is 2.21. The third kappa shape index (κ3) is 4.04. The Morgan fingerprint density at radius 3 is 2.62 bits per heavy atom. The Morgan fingerprint density at radius 2 is 1.83 bits per heavy atom. The van der Waals surface area contributed by atoms with E-state index in [4.69, 9.17) is 0 Å². The van der Waals surface area contributed by atoms with Gasteiger partial charge < -0.3 is 10.2 Å². The van der Waals surface area contributed by atoms with Crippen LogP contribution in [0.25, 0.3) is 0 Å². The molecule has 0 aromatic heterocycles. The first-order valence-corrected chi connectivity index (χ1v) is 8.83. The highest BCUT2D eigenvalue weighted by molar-refractivity contribution is 5.95. The number of nitrogens with zero attached hydrogens (tertiary/aromatic N) is 1. The molecule has 3 rings (SSSR count). The van der Waals surface area contributed by atoms with E-state index in [9.17, 15) is 4.79 Å². The number of amides is 1. The van der Waals surface area contributed by atoms with Crippen LogP contribution in [0, 0.1) is 5.92 Å². The quantitative estimate of drug-likeness (QED) is 0.886. The van der Waals surface area contributed by atoms with Crippen molar-refractivity contribution in [2.75, 3.05) is 26.7 Å². The van der Waals surface area contributed by atoms with Crippen molar-refractivity contribution in [1.82, 2.24) is 10.2 Å². The molecule has 1 saturated heterocycles. The summed E-state index contributed by atoms with van der Waals surface area (Å²) in [7, 11) is 1.98. The van der Waals surface area contributed by atoms with Gasteiger partial charge >= 0.3 is 0 Å². The summed E-state index contributed by atoms with van der Waals surface area (Å²) in [5.41, 5.74) is 3.34. The van der Waals surface area contributed by atoms with Gasteiger partial charge in [-0.2, -0.15) is 0 Å². The van der Waals surface area contributed by atoms with Crippen LogP contribution < -0.4 is 5.32 Å². The second-order valence-corrected chi connectivity index (χ2v) is 6.61. The molecule has 1 unspecified atom stereocenters. The number of carbonyl (C=O) groups excluding carboxylic acids is 1. The summed E-state index contributed by atoms with van der Waals surface area (Å²) in [5.74, 6) is 0.771. The zero-order chi connectivity index (χ0) is 16.8. The van der Waals surface area contributed by atoms with Gasteiger partial charge in [0.1, 0.15) is 0 Å². The summed E-state index contributed by atoms with van der Waals surface area (Å²) in [4.78, 5) is 15.0. The van der Waals surface area contributed by atoms with E-state index in [0.29, 0.717) is 5.92 Å². The lowest BCUT2D eigenvalue weighted by Gasteiger charge is -2.19. The molecule has 0 aliphatic carbocycles. The highest BCUT2D eigenvalue weighted by atomic mass is 16.2. The van der Waals surface area contributed by atoms with Crippen LogP contribution in [0.1, 0.15) is 27.9 Å². The smallest absolute Gasteiger partial charge is 0.254 e. The number of rotatable bonds is 6. The van der Waals surface area contributed by atoms with E-state index < -0.39 is 0 Å². The van der Waals surface area contributed by atoms with E-state index in [0.717, 1.165) is 50.0 Å². The van der Waals surface area contributed by atoms with Crippen LogP contribution in [0.2, 0.25) is 0 Å². The maximum atomic E-state index is 12.9.